The standard InChI is InChI=1S/C17H22N4O2S/c1-16(2)12-4-5-17(16)11-24(22,23)21(14(17)8-12)10-13-9-20-7-3-6-18-15(20)19-13/h3,6-7,9,12,14H,4-5,8,10-11H2,1-2H3/t12-,14-,17-/m1/s1. The van der Waals surface area contributed by atoms with Gasteiger partial charge in [0.1, 0.15) is 0 Å². The molecular formula is C17H22N4O2S. The summed E-state index contributed by atoms with van der Waals surface area (Å²) in [6.45, 7) is 4.91. The largest absolute Gasteiger partial charge is 0.291 e. The SMILES string of the molecule is CC1(C)[C@@H]2CC[C@]13CS(=O)(=O)N(Cc1cn4cccnc4n1)[C@@H]3C2. The molecule has 3 aliphatic rings. The number of rotatable bonds is 2. The lowest BCUT2D eigenvalue weighted by molar-refractivity contribution is 0.112. The second-order valence-electron chi connectivity index (χ2n) is 8.23. The highest BCUT2D eigenvalue weighted by atomic mass is 32.2. The average molecular weight is 346 g/mol. The van der Waals surface area contributed by atoms with Gasteiger partial charge in [0.25, 0.3) is 0 Å². The zero-order valence-electron chi connectivity index (χ0n) is 14.0. The van der Waals surface area contributed by atoms with Crippen molar-refractivity contribution in [2.45, 2.75) is 45.7 Å². The third-order valence-corrected chi connectivity index (χ3v) is 9.11. The van der Waals surface area contributed by atoms with Crippen molar-refractivity contribution in [1.29, 1.82) is 0 Å². The Labute approximate surface area is 142 Å². The highest BCUT2D eigenvalue weighted by Crippen LogP contribution is 2.70. The molecule has 2 aromatic heterocycles. The molecule has 1 aliphatic heterocycles. The van der Waals surface area contributed by atoms with Gasteiger partial charge in [-0.15, -0.1) is 0 Å². The molecule has 1 spiro atoms. The molecule has 0 radical (unpaired) electrons. The molecule has 2 bridgehead atoms. The molecule has 3 heterocycles. The Balaban J connectivity index is 1.54. The molecule has 6 nitrogen and oxygen atoms in total. The molecule has 2 aromatic rings. The second-order valence-corrected chi connectivity index (χ2v) is 10.1. The minimum absolute atomic E-state index is 0.0755. The zero-order chi connectivity index (χ0) is 16.7. The first-order valence-corrected chi connectivity index (χ1v) is 10.2. The van der Waals surface area contributed by atoms with E-state index in [1.165, 1.54) is 6.42 Å². The van der Waals surface area contributed by atoms with Gasteiger partial charge in [0.05, 0.1) is 18.0 Å². The predicted octanol–water partition coefficient (Wildman–Crippen LogP) is 2.07. The van der Waals surface area contributed by atoms with Gasteiger partial charge in [-0.05, 0) is 36.7 Å². The number of aromatic nitrogens is 3. The third kappa shape index (κ3) is 1.67. The Bertz CT molecular complexity index is 902. The molecule has 3 fully saturated rings. The van der Waals surface area contributed by atoms with Gasteiger partial charge in [-0.1, -0.05) is 13.8 Å². The molecule has 2 aliphatic carbocycles. The molecule has 7 heteroatoms. The van der Waals surface area contributed by atoms with Crippen molar-refractivity contribution in [3.8, 4) is 0 Å². The Hall–Kier alpha value is -1.47. The van der Waals surface area contributed by atoms with Crippen molar-refractivity contribution >= 4 is 15.8 Å². The number of nitrogens with zero attached hydrogens (tertiary/aromatic N) is 4. The summed E-state index contributed by atoms with van der Waals surface area (Å²) in [6.07, 6.45) is 8.69. The van der Waals surface area contributed by atoms with E-state index in [1.54, 1.807) is 10.5 Å². The lowest BCUT2D eigenvalue weighted by atomic mass is 9.69. The van der Waals surface area contributed by atoms with E-state index in [0.717, 1.165) is 18.5 Å². The van der Waals surface area contributed by atoms with Crippen LogP contribution in [0.4, 0.5) is 0 Å². The summed E-state index contributed by atoms with van der Waals surface area (Å²) in [5, 5.41) is 0. The Morgan fingerprint density at radius 2 is 2.21 bits per heavy atom. The summed E-state index contributed by atoms with van der Waals surface area (Å²) < 4.78 is 29.5. The smallest absolute Gasteiger partial charge is 0.233 e. The summed E-state index contributed by atoms with van der Waals surface area (Å²) in [6, 6.07) is 1.98. The van der Waals surface area contributed by atoms with Gasteiger partial charge in [0, 0.05) is 30.0 Å². The van der Waals surface area contributed by atoms with E-state index in [4.69, 9.17) is 0 Å². The lowest BCUT2D eigenvalue weighted by Crippen LogP contribution is -2.41. The maximum Gasteiger partial charge on any atom is 0.233 e. The van der Waals surface area contributed by atoms with Gasteiger partial charge >= 0.3 is 0 Å². The van der Waals surface area contributed by atoms with Crippen LogP contribution in [0.2, 0.25) is 0 Å². The zero-order valence-corrected chi connectivity index (χ0v) is 14.8. The molecule has 3 atom stereocenters. The van der Waals surface area contributed by atoms with Crippen molar-refractivity contribution in [2.75, 3.05) is 5.75 Å². The van der Waals surface area contributed by atoms with Crippen molar-refractivity contribution in [2.24, 2.45) is 16.7 Å². The number of imidazole rings is 1. The molecule has 2 saturated carbocycles. The maximum atomic E-state index is 12.9. The third-order valence-electron chi connectivity index (χ3n) is 7.14. The molecule has 0 N–H and O–H groups in total. The van der Waals surface area contributed by atoms with Gasteiger partial charge in [-0.25, -0.2) is 18.4 Å². The molecule has 0 aromatic carbocycles. The fourth-order valence-electron chi connectivity index (χ4n) is 5.70. The van der Waals surface area contributed by atoms with E-state index in [0.29, 0.717) is 24.0 Å². The number of fused-ring (bicyclic) bond motifs is 2. The lowest BCUT2D eigenvalue weighted by Gasteiger charge is -2.37. The highest BCUT2D eigenvalue weighted by Gasteiger charge is 2.71. The van der Waals surface area contributed by atoms with Crippen LogP contribution in [0.5, 0.6) is 0 Å². The van der Waals surface area contributed by atoms with Crippen molar-refractivity contribution in [3.05, 3.63) is 30.4 Å². The van der Waals surface area contributed by atoms with Crippen LogP contribution in [-0.4, -0.2) is 38.9 Å². The van der Waals surface area contributed by atoms with Gasteiger partial charge in [-0.2, -0.15) is 4.31 Å². The minimum atomic E-state index is -3.23. The van der Waals surface area contributed by atoms with E-state index >= 15 is 0 Å². The van der Waals surface area contributed by atoms with Crippen LogP contribution in [0.15, 0.2) is 24.7 Å². The van der Waals surface area contributed by atoms with E-state index in [9.17, 15) is 8.42 Å². The Morgan fingerprint density at radius 1 is 1.38 bits per heavy atom. The van der Waals surface area contributed by atoms with Crippen molar-refractivity contribution < 1.29 is 8.42 Å². The quantitative estimate of drug-likeness (QED) is 0.835. The first-order valence-electron chi connectivity index (χ1n) is 8.62. The fraction of sp³-hybridized carbons (Fsp3) is 0.647. The van der Waals surface area contributed by atoms with Gasteiger partial charge in [0.15, 0.2) is 0 Å². The first-order chi connectivity index (χ1) is 11.3. The summed E-state index contributed by atoms with van der Waals surface area (Å²) in [7, 11) is -3.23. The summed E-state index contributed by atoms with van der Waals surface area (Å²) in [5.41, 5.74) is 0.809. The summed E-state index contributed by atoms with van der Waals surface area (Å²) in [5.74, 6) is 1.56. The van der Waals surface area contributed by atoms with E-state index in [2.05, 4.69) is 23.8 Å². The Kier molecular flexibility index (Phi) is 2.71. The van der Waals surface area contributed by atoms with Crippen LogP contribution in [0, 0.1) is 16.7 Å². The van der Waals surface area contributed by atoms with Crippen LogP contribution < -0.4 is 0 Å². The molecule has 0 amide bonds. The minimum Gasteiger partial charge on any atom is -0.291 e. The molecular weight excluding hydrogens is 324 g/mol. The number of sulfonamides is 1. The van der Waals surface area contributed by atoms with Crippen molar-refractivity contribution in [3.63, 3.8) is 0 Å². The topological polar surface area (TPSA) is 67.6 Å². The van der Waals surface area contributed by atoms with Gasteiger partial charge in [0.2, 0.25) is 15.8 Å². The average Bonchev–Trinajstić information content (AvgIpc) is 3.16. The predicted molar refractivity (Wildman–Crippen MR) is 89.7 cm³/mol. The second kappa shape index (κ2) is 4.38. The first kappa shape index (κ1) is 14.8. The maximum absolute atomic E-state index is 12.9. The van der Waals surface area contributed by atoms with Crippen molar-refractivity contribution in [1.82, 2.24) is 18.7 Å². The molecule has 128 valence electrons. The molecule has 1 saturated heterocycles. The monoisotopic (exact) mass is 346 g/mol. The fourth-order valence-corrected chi connectivity index (χ4v) is 8.23. The molecule has 0 unspecified atom stereocenters. The van der Waals surface area contributed by atoms with Crippen LogP contribution in [-0.2, 0) is 16.6 Å². The number of hydrogen-bond acceptors (Lipinski definition) is 4. The summed E-state index contributed by atoms with van der Waals surface area (Å²) in [4.78, 5) is 8.72. The summed E-state index contributed by atoms with van der Waals surface area (Å²) >= 11 is 0. The normalized spacial score (nSPS) is 36.4. The molecule has 24 heavy (non-hydrogen) atoms. The molecule has 5 rings (SSSR count). The van der Waals surface area contributed by atoms with E-state index < -0.39 is 10.0 Å². The number of hydrogen-bond donors (Lipinski definition) is 0. The highest BCUT2D eigenvalue weighted by molar-refractivity contribution is 7.89. The van der Waals surface area contributed by atoms with Crippen LogP contribution in [0.25, 0.3) is 5.78 Å². The van der Waals surface area contributed by atoms with Crippen LogP contribution in [0.1, 0.15) is 38.8 Å². The van der Waals surface area contributed by atoms with Crippen LogP contribution in [0.3, 0.4) is 0 Å². The Morgan fingerprint density at radius 3 is 2.96 bits per heavy atom. The van der Waals surface area contributed by atoms with Gasteiger partial charge in [-0.3, -0.25) is 4.40 Å². The van der Waals surface area contributed by atoms with E-state index in [-0.39, 0.29) is 16.9 Å². The van der Waals surface area contributed by atoms with E-state index in [1.807, 2.05) is 22.9 Å². The van der Waals surface area contributed by atoms with Gasteiger partial charge < -0.3 is 0 Å². The van der Waals surface area contributed by atoms with Crippen LogP contribution >= 0.6 is 0 Å².